The molecule has 2 N–H and O–H groups in total. The fourth-order valence-electron chi connectivity index (χ4n) is 4.30. The topological polar surface area (TPSA) is 99.2 Å². The van der Waals surface area contributed by atoms with E-state index in [1.54, 1.807) is 20.1 Å². The summed E-state index contributed by atoms with van der Waals surface area (Å²) in [4.78, 5) is 22.8. The molecule has 2 aromatic heterocycles. The Kier molecular flexibility index (Phi) is 6.65. The van der Waals surface area contributed by atoms with E-state index < -0.39 is 17.6 Å². The summed E-state index contributed by atoms with van der Waals surface area (Å²) in [7, 11) is 0. The molecule has 2 fully saturated rings. The first-order valence-corrected chi connectivity index (χ1v) is 12.1. The Morgan fingerprint density at radius 1 is 1.08 bits per heavy atom. The molecule has 0 unspecified atom stereocenters. The maximum Gasteiger partial charge on any atom is 0.416 e. The molecule has 1 aromatic carbocycles. The Morgan fingerprint density at radius 3 is 2.51 bits per heavy atom. The highest BCUT2D eigenvalue weighted by atomic mass is 19.4. The van der Waals surface area contributed by atoms with E-state index in [1.807, 2.05) is 0 Å². The fraction of sp³-hybridized carbons (Fsp3) is 0.423. The number of aromatic nitrogens is 4. The van der Waals surface area contributed by atoms with Crippen LogP contribution in [0.3, 0.4) is 0 Å². The van der Waals surface area contributed by atoms with Gasteiger partial charge in [-0.15, -0.1) is 0 Å². The Hall–Kier alpha value is -3.47. The van der Waals surface area contributed by atoms with Crippen LogP contribution in [0.15, 0.2) is 35.0 Å². The summed E-state index contributed by atoms with van der Waals surface area (Å²) in [6, 6.07) is 2.73. The molecule has 11 heteroatoms. The van der Waals surface area contributed by atoms with Crippen LogP contribution < -0.4 is 5.73 Å². The van der Waals surface area contributed by atoms with Crippen LogP contribution >= 0.6 is 0 Å². The fourth-order valence-corrected chi connectivity index (χ4v) is 4.30. The Morgan fingerprint density at radius 2 is 1.84 bits per heavy atom. The number of hydrogen-bond donors (Lipinski definition) is 1. The summed E-state index contributed by atoms with van der Waals surface area (Å²) in [6.07, 6.45) is 1.51. The highest BCUT2D eigenvalue weighted by Gasteiger charge is 2.33. The summed E-state index contributed by atoms with van der Waals surface area (Å²) in [5, 5.41) is 0. The van der Waals surface area contributed by atoms with E-state index in [-0.39, 0.29) is 34.4 Å². The van der Waals surface area contributed by atoms with Crippen molar-refractivity contribution in [2.24, 2.45) is 10.7 Å². The van der Waals surface area contributed by atoms with Crippen molar-refractivity contribution in [3.63, 3.8) is 0 Å². The van der Waals surface area contributed by atoms with Gasteiger partial charge in [0.15, 0.2) is 5.65 Å². The maximum atomic E-state index is 15.1. The number of aryl methyl sites for hydroxylation is 2. The zero-order chi connectivity index (χ0) is 26.3. The average molecular weight is 515 g/mol. The van der Waals surface area contributed by atoms with Crippen LogP contribution in [0.1, 0.15) is 54.4 Å². The second-order valence-corrected chi connectivity index (χ2v) is 9.45. The van der Waals surface area contributed by atoms with Crippen LogP contribution in [0.4, 0.5) is 17.6 Å². The Bertz CT molecular complexity index is 1400. The van der Waals surface area contributed by atoms with Crippen LogP contribution in [-0.2, 0) is 10.9 Å². The number of hydrogen-bond acceptors (Lipinski definition) is 7. The van der Waals surface area contributed by atoms with E-state index >= 15 is 4.39 Å². The van der Waals surface area contributed by atoms with Gasteiger partial charge in [0.05, 0.1) is 29.1 Å². The summed E-state index contributed by atoms with van der Waals surface area (Å²) < 4.78 is 60.4. The summed E-state index contributed by atoms with van der Waals surface area (Å²) in [5.74, 6) is -0.814. The van der Waals surface area contributed by atoms with Crippen molar-refractivity contribution in [2.75, 3.05) is 6.61 Å². The second-order valence-electron chi connectivity index (χ2n) is 9.45. The zero-order valence-corrected chi connectivity index (χ0v) is 20.4. The second kappa shape index (κ2) is 9.77. The number of rotatable bonds is 5. The van der Waals surface area contributed by atoms with E-state index in [4.69, 9.17) is 10.5 Å². The van der Waals surface area contributed by atoms with Gasteiger partial charge in [-0.1, -0.05) is 0 Å². The van der Waals surface area contributed by atoms with Crippen molar-refractivity contribution < 1.29 is 22.3 Å². The molecule has 3 aromatic rings. The van der Waals surface area contributed by atoms with Gasteiger partial charge in [-0.05, 0) is 57.7 Å². The highest BCUT2D eigenvalue weighted by Crippen LogP contribution is 2.36. The molecule has 37 heavy (non-hydrogen) atoms. The lowest BCUT2D eigenvalue weighted by molar-refractivity contribution is -0.137. The SMILES string of the molecule is Cc1nc2nc([C@@H]3CCO[C@@H](/C(C=NC4CC4)=C/N)C3)nc(-c3ccc(C(F)(F)F)cc3F)c2nc1C. The third-order valence-corrected chi connectivity index (χ3v) is 6.71. The molecular weight excluding hydrogens is 488 g/mol. The van der Waals surface area contributed by atoms with E-state index in [1.165, 1.54) is 6.20 Å². The normalized spacial score (nSPS) is 21.2. The van der Waals surface area contributed by atoms with E-state index in [2.05, 4.69) is 24.9 Å². The largest absolute Gasteiger partial charge is 0.416 e. The molecule has 194 valence electrons. The van der Waals surface area contributed by atoms with Crippen LogP contribution in [0.5, 0.6) is 0 Å². The lowest BCUT2D eigenvalue weighted by atomic mass is 9.91. The number of aliphatic imine (C=N–C) groups is 1. The lowest BCUT2D eigenvalue weighted by Crippen LogP contribution is -2.28. The van der Waals surface area contributed by atoms with Crippen molar-refractivity contribution in [1.29, 1.82) is 0 Å². The van der Waals surface area contributed by atoms with Crippen LogP contribution in [0.25, 0.3) is 22.4 Å². The van der Waals surface area contributed by atoms with Crippen LogP contribution in [-0.4, -0.2) is 44.9 Å². The number of halogens is 4. The number of benzene rings is 1. The molecule has 1 saturated carbocycles. The first kappa shape index (κ1) is 25.2. The molecule has 0 spiro atoms. The predicted octanol–water partition coefficient (Wildman–Crippen LogP) is 5.20. The van der Waals surface area contributed by atoms with Gasteiger partial charge in [-0.3, -0.25) is 4.99 Å². The first-order chi connectivity index (χ1) is 17.6. The monoisotopic (exact) mass is 514 g/mol. The minimum atomic E-state index is -4.67. The predicted molar refractivity (Wildman–Crippen MR) is 130 cm³/mol. The number of nitrogens with zero attached hydrogens (tertiary/aromatic N) is 5. The molecule has 1 aliphatic heterocycles. The molecule has 1 saturated heterocycles. The zero-order valence-electron chi connectivity index (χ0n) is 20.4. The molecule has 0 radical (unpaired) electrons. The van der Waals surface area contributed by atoms with E-state index in [0.717, 1.165) is 30.5 Å². The van der Waals surface area contributed by atoms with Crippen molar-refractivity contribution in [3.8, 4) is 11.3 Å². The third-order valence-electron chi connectivity index (χ3n) is 6.71. The molecule has 2 aliphatic rings. The first-order valence-electron chi connectivity index (χ1n) is 12.1. The summed E-state index contributed by atoms with van der Waals surface area (Å²) in [6.45, 7) is 3.95. The number of ether oxygens (including phenoxy) is 1. The van der Waals surface area contributed by atoms with Gasteiger partial charge >= 0.3 is 6.18 Å². The van der Waals surface area contributed by atoms with Crippen LogP contribution in [0.2, 0.25) is 0 Å². The number of alkyl halides is 3. The maximum absolute atomic E-state index is 15.1. The average Bonchev–Trinajstić information content (AvgIpc) is 3.69. The molecule has 7 nitrogen and oxygen atoms in total. The van der Waals surface area contributed by atoms with Crippen molar-refractivity contribution >= 4 is 17.4 Å². The van der Waals surface area contributed by atoms with Gasteiger partial charge in [-0.25, -0.2) is 24.3 Å². The van der Waals surface area contributed by atoms with Gasteiger partial charge in [0.25, 0.3) is 0 Å². The van der Waals surface area contributed by atoms with Gasteiger partial charge in [-0.2, -0.15) is 13.2 Å². The molecule has 5 rings (SSSR count). The lowest BCUT2D eigenvalue weighted by Gasteiger charge is -2.29. The highest BCUT2D eigenvalue weighted by molar-refractivity contribution is 5.87. The minimum Gasteiger partial charge on any atom is -0.404 e. The van der Waals surface area contributed by atoms with Gasteiger partial charge in [0.2, 0.25) is 0 Å². The molecule has 2 atom stereocenters. The van der Waals surface area contributed by atoms with E-state index in [0.29, 0.717) is 48.8 Å². The minimum absolute atomic E-state index is 0.0954. The smallest absolute Gasteiger partial charge is 0.404 e. The molecule has 0 amide bonds. The van der Waals surface area contributed by atoms with Gasteiger partial charge in [0.1, 0.15) is 22.9 Å². The molecule has 0 bridgehead atoms. The Labute approximate surface area is 210 Å². The third kappa shape index (κ3) is 5.31. The van der Waals surface area contributed by atoms with Crippen molar-refractivity contribution in [3.05, 3.63) is 58.6 Å². The van der Waals surface area contributed by atoms with E-state index in [9.17, 15) is 13.2 Å². The Balaban J connectivity index is 1.56. The molecule has 3 heterocycles. The van der Waals surface area contributed by atoms with Gasteiger partial charge in [0, 0.05) is 36.1 Å². The summed E-state index contributed by atoms with van der Waals surface area (Å²) in [5.41, 5.74) is 7.28. The number of fused-ring (bicyclic) bond motifs is 1. The van der Waals surface area contributed by atoms with Crippen molar-refractivity contribution in [1.82, 2.24) is 19.9 Å². The molecule has 1 aliphatic carbocycles. The molecular formula is C26H26F4N6O. The summed E-state index contributed by atoms with van der Waals surface area (Å²) >= 11 is 0. The number of nitrogens with two attached hydrogens (primary N) is 1. The standard InChI is InChI=1S/C26H26F4N6O/c1-13-14(2)34-25-23(33-13)22(19-6-3-17(10-20(19)27)26(28,29)30)35-24(36-25)15-7-8-37-21(9-15)16(11-31)12-32-18-4-5-18/h3,6,10-12,15,18,21H,4-5,7-9,31H2,1-2H3/b16-11+,32-12?/t15-,21-/m1/s1. The van der Waals surface area contributed by atoms with Crippen LogP contribution in [0, 0.1) is 19.7 Å². The van der Waals surface area contributed by atoms with Crippen molar-refractivity contribution in [2.45, 2.75) is 63.8 Å². The quantitative estimate of drug-likeness (QED) is 0.371. The van der Waals surface area contributed by atoms with Gasteiger partial charge < -0.3 is 10.5 Å².